The van der Waals surface area contributed by atoms with E-state index in [1.165, 1.54) is 6.42 Å². The van der Waals surface area contributed by atoms with Gasteiger partial charge < -0.3 is 4.90 Å². The molecule has 86 valence electrons. The van der Waals surface area contributed by atoms with E-state index < -0.39 is 0 Å². The number of nitrogens with zero attached hydrogens (tertiary/aromatic N) is 2. The first-order chi connectivity index (χ1) is 6.87. The lowest BCUT2D eigenvalue weighted by atomic mass is 9.91. The zero-order chi connectivity index (χ0) is 11.5. The molecule has 1 aliphatic rings. The average Bonchev–Trinajstić information content (AvgIpc) is 2.25. The van der Waals surface area contributed by atoms with Gasteiger partial charge in [0, 0.05) is 12.1 Å². The maximum Gasteiger partial charge on any atom is 0.119 e. The summed E-state index contributed by atoms with van der Waals surface area (Å²) in [6, 6.07) is 2.49. The second-order valence-corrected chi connectivity index (χ2v) is 5.76. The number of nitrogens with one attached hydrogen (secondary N) is 1. The second-order valence-electron chi connectivity index (χ2n) is 5.76. The number of likely N-dealkylation sites (tertiary alicyclic amines) is 1. The van der Waals surface area contributed by atoms with Crippen LogP contribution in [-0.2, 0) is 0 Å². The lowest BCUT2D eigenvalue weighted by molar-refractivity contribution is 0.225. The smallest absolute Gasteiger partial charge is 0.119 e. The molecule has 0 spiro atoms. The van der Waals surface area contributed by atoms with Gasteiger partial charge in [-0.05, 0) is 53.6 Å². The molecule has 1 saturated heterocycles. The predicted octanol–water partition coefficient (Wildman–Crippen LogP) is 1.75. The molecule has 0 saturated carbocycles. The van der Waals surface area contributed by atoms with E-state index in [9.17, 15) is 5.26 Å². The first-order valence-corrected chi connectivity index (χ1v) is 5.76. The van der Waals surface area contributed by atoms with E-state index in [1.807, 2.05) is 0 Å². The van der Waals surface area contributed by atoms with Crippen molar-refractivity contribution in [2.45, 2.75) is 51.1 Å². The van der Waals surface area contributed by atoms with E-state index in [0.29, 0.717) is 0 Å². The number of hydrogen-bond acceptors (Lipinski definition) is 3. The second kappa shape index (κ2) is 4.51. The van der Waals surface area contributed by atoms with Crippen molar-refractivity contribution in [3.05, 3.63) is 0 Å². The lowest BCUT2D eigenvalue weighted by Gasteiger charge is -2.36. The first kappa shape index (κ1) is 12.5. The van der Waals surface area contributed by atoms with Gasteiger partial charge in [0.15, 0.2) is 0 Å². The Kier molecular flexibility index (Phi) is 3.75. The van der Waals surface area contributed by atoms with Crippen LogP contribution in [0.25, 0.3) is 0 Å². The molecule has 0 aliphatic carbocycles. The maximum atomic E-state index is 9.41. The Hall–Kier alpha value is -0.590. The minimum Gasteiger partial charge on any atom is -0.303 e. The number of likely N-dealkylation sites (N-methyl/N-ethyl adjacent to an activating group) is 1. The van der Waals surface area contributed by atoms with Gasteiger partial charge >= 0.3 is 0 Å². The molecule has 3 heteroatoms. The van der Waals surface area contributed by atoms with Crippen LogP contribution in [0.2, 0.25) is 0 Å². The Morgan fingerprint density at radius 3 is 2.53 bits per heavy atom. The molecule has 0 aromatic rings. The van der Waals surface area contributed by atoms with Crippen molar-refractivity contribution < 1.29 is 0 Å². The van der Waals surface area contributed by atoms with Crippen molar-refractivity contribution in [3.63, 3.8) is 0 Å². The van der Waals surface area contributed by atoms with Gasteiger partial charge in [-0.25, -0.2) is 0 Å². The topological polar surface area (TPSA) is 39.1 Å². The summed E-state index contributed by atoms with van der Waals surface area (Å²) in [5.74, 6) is 0. The van der Waals surface area contributed by atoms with Crippen LogP contribution in [0.1, 0.15) is 40.0 Å². The highest BCUT2D eigenvalue weighted by molar-refractivity contribution is 5.11. The monoisotopic (exact) mass is 209 g/mol. The van der Waals surface area contributed by atoms with E-state index in [4.69, 9.17) is 0 Å². The standard InChI is InChI=1S/C12H23N3/c1-11(2,3)14-12(9-13)7-5-6-8-15(4)10-12/h14H,5-8,10H2,1-4H3. The molecule has 15 heavy (non-hydrogen) atoms. The highest BCUT2D eigenvalue weighted by atomic mass is 15.2. The average molecular weight is 209 g/mol. The summed E-state index contributed by atoms with van der Waals surface area (Å²) in [6.07, 6.45) is 3.30. The van der Waals surface area contributed by atoms with Crippen LogP contribution >= 0.6 is 0 Å². The van der Waals surface area contributed by atoms with Crippen LogP contribution in [0, 0.1) is 11.3 Å². The Bertz CT molecular complexity index is 249. The Morgan fingerprint density at radius 1 is 1.33 bits per heavy atom. The molecule has 1 unspecified atom stereocenters. The molecule has 1 N–H and O–H groups in total. The van der Waals surface area contributed by atoms with Crippen molar-refractivity contribution in [1.29, 1.82) is 5.26 Å². The molecule has 0 aromatic heterocycles. The molecule has 0 aromatic carbocycles. The first-order valence-electron chi connectivity index (χ1n) is 5.76. The number of nitriles is 1. The highest BCUT2D eigenvalue weighted by Gasteiger charge is 2.35. The molecule has 0 bridgehead atoms. The van der Waals surface area contributed by atoms with Gasteiger partial charge in [-0.15, -0.1) is 0 Å². The maximum absolute atomic E-state index is 9.41. The van der Waals surface area contributed by atoms with Crippen LogP contribution in [-0.4, -0.2) is 36.1 Å². The van der Waals surface area contributed by atoms with Crippen LogP contribution in [0.15, 0.2) is 0 Å². The third kappa shape index (κ3) is 3.81. The van der Waals surface area contributed by atoms with Gasteiger partial charge in [0.2, 0.25) is 0 Å². The quantitative estimate of drug-likeness (QED) is 0.715. The van der Waals surface area contributed by atoms with E-state index >= 15 is 0 Å². The van der Waals surface area contributed by atoms with Gasteiger partial charge in [-0.3, -0.25) is 5.32 Å². The minimum absolute atomic E-state index is 0.000903. The Balaban J connectivity index is 2.78. The molecule has 1 heterocycles. The molecule has 1 atom stereocenters. The molecule has 1 rings (SSSR count). The van der Waals surface area contributed by atoms with Crippen molar-refractivity contribution >= 4 is 0 Å². The largest absolute Gasteiger partial charge is 0.303 e. The SMILES string of the molecule is CN1CCCCC(C#N)(NC(C)(C)C)C1. The highest BCUT2D eigenvalue weighted by Crippen LogP contribution is 2.22. The summed E-state index contributed by atoms with van der Waals surface area (Å²) in [6.45, 7) is 8.31. The van der Waals surface area contributed by atoms with Gasteiger partial charge in [-0.2, -0.15) is 5.26 Å². The summed E-state index contributed by atoms with van der Waals surface area (Å²) in [5.41, 5.74) is -0.357. The zero-order valence-corrected chi connectivity index (χ0v) is 10.4. The Morgan fingerprint density at radius 2 is 2.00 bits per heavy atom. The van der Waals surface area contributed by atoms with Crippen LogP contribution < -0.4 is 5.32 Å². The van der Waals surface area contributed by atoms with Gasteiger partial charge in [0.25, 0.3) is 0 Å². The Labute approximate surface area is 93.5 Å². The summed E-state index contributed by atoms with van der Waals surface area (Å²) in [5, 5.41) is 12.9. The molecule has 1 aliphatic heterocycles. The minimum atomic E-state index is -0.358. The fourth-order valence-corrected chi connectivity index (χ4v) is 2.37. The fraction of sp³-hybridized carbons (Fsp3) is 0.917. The fourth-order valence-electron chi connectivity index (χ4n) is 2.37. The summed E-state index contributed by atoms with van der Waals surface area (Å²) < 4.78 is 0. The van der Waals surface area contributed by atoms with Gasteiger partial charge in [0.05, 0.1) is 6.07 Å². The van der Waals surface area contributed by atoms with Crippen LogP contribution in [0.5, 0.6) is 0 Å². The summed E-state index contributed by atoms with van der Waals surface area (Å²) in [4.78, 5) is 2.26. The molecule has 3 nitrogen and oxygen atoms in total. The van der Waals surface area contributed by atoms with E-state index in [1.54, 1.807) is 0 Å². The van der Waals surface area contributed by atoms with E-state index in [-0.39, 0.29) is 11.1 Å². The van der Waals surface area contributed by atoms with Gasteiger partial charge in [-0.1, -0.05) is 0 Å². The lowest BCUT2D eigenvalue weighted by Crippen LogP contribution is -2.57. The van der Waals surface area contributed by atoms with Crippen molar-refractivity contribution in [1.82, 2.24) is 10.2 Å². The zero-order valence-electron chi connectivity index (χ0n) is 10.4. The molecule has 1 fully saturated rings. The van der Waals surface area contributed by atoms with Crippen molar-refractivity contribution in [2.24, 2.45) is 0 Å². The molecular weight excluding hydrogens is 186 g/mol. The van der Waals surface area contributed by atoms with Crippen LogP contribution in [0.4, 0.5) is 0 Å². The third-order valence-electron chi connectivity index (χ3n) is 2.76. The van der Waals surface area contributed by atoms with E-state index in [0.717, 1.165) is 25.9 Å². The van der Waals surface area contributed by atoms with Gasteiger partial charge in [0.1, 0.15) is 5.54 Å². The van der Waals surface area contributed by atoms with Crippen molar-refractivity contribution in [2.75, 3.05) is 20.1 Å². The number of hydrogen-bond donors (Lipinski definition) is 1. The molecular formula is C12H23N3. The molecule has 0 radical (unpaired) electrons. The number of rotatable bonds is 1. The predicted molar refractivity (Wildman–Crippen MR) is 62.6 cm³/mol. The summed E-state index contributed by atoms with van der Waals surface area (Å²) in [7, 11) is 2.10. The van der Waals surface area contributed by atoms with Crippen LogP contribution in [0.3, 0.4) is 0 Å². The van der Waals surface area contributed by atoms with Crippen molar-refractivity contribution in [3.8, 4) is 6.07 Å². The normalized spacial score (nSPS) is 29.5. The summed E-state index contributed by atoms with van der Waals surface area (Å²) >= 11 is 0. The molecule has 0 amide bonds. The van der Waals surface area contributed by atoms with E-state index in [2.05, 4.69) is 44.1 Å². The third-order valence-corrected chi connectivity index (χ3v) is 2.76.